The maximum atomic E-state index is 11.4. The zero-order chi connectivity index (χ0) is 13.3. The predicted molar refractivity (Wildman–Crippen MR) is 65.3 cm³/mol. The molecule has 1 aliphatic rings. The van der Waals surface area contributed by atoms with Gasteiger partial charge in [0.2, 0.25) is 5.91 Å². The number of amides is 1. The molecule has 1 atom stereocenters. The first-order chi connectivity index (χ1) is 8.42. The minimum atomic E-state index is -1.06. The standard InChI is InChI=1S/C12H15N3O3/c1-12(11(13)18)3-5-15(7-12)8-2-4-14-9(6-8)10(16)17/h2,4,6H,3,5,7H2,1H3,(H2,13,18)(H,16,17). The molecular weight excluding hydrogens is 234 g/mol. The average molecular weight is 249 g/mol. The van der Waals surface area contributed by atoms with Crippen molar-refractivity contribution in [3.05, 3.63) is 24.0 Å². The Labute approximate surface area is 104 Å². The van der Waals surface area contributed by atoms with Gasteiger partial charge in [0.1, 0.15) is 5.69 Å². The fourth-order valence-corrected chi connectivity index (χ4v) is 2.12. The number of aromatic nitrogens is 1. The molecule has 1 fully saturated rings. The number of aromatic carboxylic acids is 1. The van der Waals surface area contributed by atoms with E-state index < -0.39 is 11.4 Å². The van der Waals surface area contributed by atoms with E-state index in [4.69, 9.17) is 10.8 Å². The topological polar surface area (TPSA) is 96.5 Å². The number of hydrogen-bond acceptors (Lipinski definition) is 4. The van der Waals surface area contributed by atoms with Crippen molar-refractivity contribution in [2.45, 2.75) is 13.3 Å². The van der Waals surface area contributed by atoms with Gasteiger partial charge < -0.3 is 15.7 Å². The Bertz CT molecular complexity index is 503. The summed E-state index contributed by atoms with van der Waals surface area (Å²) in [6.45, 7) is 3.02. The van der Waals surface area contributed by atoms with Crippen molar-refractivity contribution >= 4 is 17.6 Å². The quantitative estimate of drug-likeness (QED) is 0.812. The van der Waals surface area contributed by atoms with Crippen molar-refractivity contribution in [3.8, 4) is 0 Å². The van der Waals surface area contributed by atoms with Gasteiger partial charge in [0.05, 0.1) is 5.41 Å². The Morgan fingerprint density at radius 3 is 2.83 bits per heavy atom. The van der Waals surface area contributed by atoms with Gasteiger partial charge in [-0.2, -0.15) is 0 Å². The molecule has 2 rings (SSSR count). The molecule has 6 nitrogen and oxygen atoms in total. The van der Waals surface area contributed by atoms with Crippen molar-refractivity contribution in [2.75, 3.05) is 18.0 Å². The van der Waals surface area contributed by atoms with Crippen LogP contribution in [-0.2, 0) is 4.79 Å². The molecule has 0 aromatic carbocycles. The third-order valence-corrected chi connectivity index (χ3v) is 3.40. The number of carboxylic acid groups (broad SMARTS) is 1. The number of nitrogens with two attached hydrogens (primary N) is 1. The van der Waals surface area contributed by atoms with Gasteiger partial charge in [-0.05, 0) is 25.5 Å². The van der Waals surface area contributed by atoms with Gasteiger partial charge in [0, 0.05) is 25.0 Å². The number of carbonyl (C=O) groups excluding carboxylic acids is 1. The predicted octanol–water partition coefficient (Wildman–Crippen LogP) is 0.481. The lowest BCUT2D eigenvalue weighted by Gasteiger charge is -2.22. The van der Waals surface area contributed by atoms with Crippen LogP contribution in [0.5, 0.6) is 0 Å². The SMILES string of the molecule is CC1(C(N)=O)CCN(c2ccnc(C(=O)O)c2)C1. The second kappa shape index (κ2) is 4.29. The molecule has 1 aromatic rings. The molecule has 1 aliphatic heterocycles. The van der Waals surface area contributed by atoms with E-state index in [0.717, 1.165) is 5.69 Å². The number of hydrogen-bond donors (Lipinski definition) is 2. The summed E-state index contributed by atoms with van der Waals surface area (Å²) in [7, 11) is 0. The fourth-order valence-electron chi connectivity index (χ4n) is 2.12. The van der Waals surface area contributed by atoms with Crippen LogP contribution in [0.15, 0.2) is 18.3 Å². The van der Waals surface area contributed by atoms with E-state index >= 15 is 0 Å². The van der Waals surface area contributed by atoms with Gasteiger partial charge in [-0.25, -0.2) is 9.78 Å². The summed E-state index contributed by atoms with van der Waals surface area (Å²) in [5.41, 5.74) is 5.59. The van der Waals surface area contributed by atoms with E-state index in [1.54, 1.807) is 6.07 Å². The zero-order valence-electron chi connectivity index (χ0n) is 10.1. The highest BCUT2D eigenvalue weighted by atomic mass is 16.4. The van der Waals surface area contributed by atoms with Crippen LogP contribution in [0.3, 0.4) is 0 Å². The van der Waals surface area contributed by atoms with Crippen molar-refractivity contribution in [2.24, 2.45) is 11.1 Å². The van der Waals surface area contributed by atoms with Gasteiger partial charge in [0.25, 0.3) is 0 Å². The third-order valence-electron chi connectivity index (χ3n) is 3.40. The number of carboxylic acids is 1. The van der Waals surface area contributed by atoms with Gasteiger partial charge in [-0.15, -0.1) is 0 Å². The minimum absolute atomic E-state index is 0.000165. The average Bonchev–Trinajstić information content (AvgIpc) is 2.73. The number of primary amides is 1. The van der Waals surface area contributed by atoms with Gasteiger partial charge in [-0.3, -0.25) is 4.79 Å². The van der Waals surface area contributed by atoms with E-state index in [2.05, 4.69) is 4.98 Å². The van der Waals surface area contributed by atoms with Crippen molar-refractivity contribution in [1.82, 2.24) is 4.98 Å². The zero-order valence-corrected chi connectivity index (χ0v) is 10.1. The maximum absolute atomic E-state index is 11.4. The molecule has 6 heteroatoms. The van der Waals surface area contributed by atoms with Crippen LogP contribution >= 0.6 is 0 Å². The minimum Gasteiger partial charge on any atom is -0.477 e. The number of pyridine rings is 1. The highest BCUT2D eigenvalue weighted by Crippen LogP contribution is 2.32. The van der Waals surface area contributed by atoms with Crippen molar-refractivity contribution in [1.29, 1.82) is 0 Å². The Morgan fingerprint density at radius 1 is 1.56 bits per heavy atom. The van der Waals surface area contributed by atoms with Crippen LogP contribution < -0.4 is 10.6 Å². The highest BCUT2D eigenvalue weighted by molar-refractivity contribution is 5.86. The summed E-state index contributed by atoms with van der Waals surface area (Å²) < 4.78 is 0. The van der Waals surface area contributed by atoms with Crippen LogP contribution in [0.1, 0.15) is 23.8 Å². The summed E-state index contributed by atoms with van der Waals surface area (Å²) in [4.78, 5) is 27.9. The van der Waals surface area contributed by atoms with E-state index in [-0.39, 0.29) is 11.6 Å². The van der Waals surface area contributed by atoms with Crippen LogP contribution in [0.2, 0.25) is 0 Å². The van der Waals surface area contributed by atoms with Crippen LogP contribution in [0.25, 0.3) is 0 Å². The molecule has 1 amide bonds. The lowest BCUT2D eigenvalue weighted by Crippen LogP contribution is -2.37. The lowest BCUT2D eigenvalue weighted by atomic mass is 9.89. The van der Waals surface area contributed by atoms with E-state index in [0.29, 0.717) is 19.5 Å². The normalized spacial score (nSPS) is 23.1. The van der Waals surface area contributed by atoms with E-state index in [1.807, 2.05) is 11.8 Å². The molecule has 2 heterocycles. The molecule has 1 aromatic heterocycles. The molecule has 0 radical (unpaired) electrons. The number of carbonyl (C=O) groups is 2. The smallest absolute Gasteiger partial charge is 0.354 e. The number of anilines is 1. The number of nitrogens with zero attached hydrogens (tertiary/aromatic N) is 2. The monoisotopic (exact) mass is 249 g/mol. The first-order valence-corrected chi connectivity index (χ1v) is 5.66. The molecule has 1 unspecified atom stereocenters. The van der Waals surface area contributed by atoms with Crippen molar-refractivity contribution in [3.63, 3.8) is 0 Å². The van der Waals surface area contributed by atoms with E-state index in [1.165, 1.54) is 12.3 Å². The molecule has 96 valence electrons. The fraction of sp³-hybridized carbons (Fsp3) is 0.417. The summed E-state index contributed by atoms with van der Waals surface area (Å²) in [6.07, 6.45) is 2.13. The molecule has 0 spiro atoms. The summed E-state index contributed by atoms with van der Waals surface area (Å²) in [6, 6.07) is 3.24. The Balaban J connectivity index is 2.22. The molecule has 0 bridgehead atoms. The van der Waals surface area contributed by atoms with Crippen LogP contribution in [0, 0.1) is 5.41 Å². The Morgan fingerprint density at radius 2 is 2.28 bits per heavy atom. The van der Waals surface area contributed by atoms with Crippen LogP contribution in [-0.4, -0.2) is 35.1 Å². The summed E-state index contributed by atoms with van der Waals surface area (Å²) in [5.74, 6) is -1.38. The van der Waals surface area contributed by atoms with Crippen LogP contribution in [0.4, 0.5) is 5.69 Å². The molecule has 1 saturated heterocycles. The molecule has 0 aliphatic carbocycles. The highest BCUT2D eigenvalue weighted by Gasteiger charge is 2.39. The lowest BCUT2D eigenvalue weighted by molar-refractivity contribution is -0.125. The molecule has 0 saturated carbocycles. The Kier molecular flexibility index (Phi) is 2.94. The Hall–Kier alpha value is -2.11. The molecular formula is C12H15N3O3. The first-order valence-electron chi connectivity index (χ1n) is 5.66. The number of rotatable bonds is 3. The third kappa shape index (κ3) is 2.13. The summed E-state index contributed by atoms with van der Waals surface area (Å²) in [5, 5.41) is 8.89. The first kappa shape index (κ1) is 12.3. The van der Waals surface area contributed by atoms with E-state index in [9.17, 15) is 9.59 Å². The van der Waals surface area contributed by atoms with Gasteiger partial charge in [0.15, 0.2) is 0 Å². The van der Waals surface area contributed by atoms with Crippen molar-refractivity contribution < 1.29 is 14.7 Å². The largest absolute Gasteiger partial charge is 0.477 e. The van der Waals surface area contributed by atoms with Gasteiger partial charge in [-0.1, -0.05) is 0 Å². The second-order valence-corrected chi connectivity index (χ2v) is 4.80. The maximum Gasteiger partial charge on any atom is 0.354 e. The second-order valence-electron chi connectivity index (χ2n) is 4.80. The molecule has 3 N–H and O–H groups in total. The molecule has 18 heavy (non-hydrogen) atoms. The summed E-state index contributed by atoms with van der Waals surface area (Å²) >= 11 is 0. The van der Waals surface area contributed by atoms with Gasteiger partial charge >= 0.3 is 5.97 Å².